The molecule has 2 aromatic rings. The SMILES string of the molecule is Cc1nc(=S)cc(-c2ccc(C(C)C)cc2)[nH]1. The summed E-state index contributed by atoms with van der Waals surface area (Å²) in [7, 11) is 0. The van der Waals surface area contributed by atoms with E-state index >= 15 is 0 Å². The van der Waals surface area contributed by atoms with Crippen molar-refractivity contribution in [2.24, 2.45) is 0 Å². The lowest BCUT2D eigenvalue weighted by molar-refractivity contribution is 0.867. The summed E-state index contributed by atoms with van der Waals surface area (Å²) in [6, 6.07) is 10.5. The third-order valence-corrected chi connectivity index (χ3v) is 2.96. The Kier molecular flexibility index (Phi) is 3.38. The molecule has 0 saturated heterocycles. The van der Waals surface area contributed by atoms with Crippen LogP contribution in [0, 0.1) is 11.6 Å². The quantitative estimate of drug-likeness (QED) is 0.800. The number of hydrogen-bond donors (Lipinski definition) is 1. The molecule has 2 rings (SSSR count). The van der Waals surface area contributed by atoms with E-state index in [1.54, 1.807) is 0 Å². The Balaban J connectivity index is 2.43. The maximum atomic E-state index is 5.12. The third kappa shape index (κ3) is 2.80. The van der Waals surface area contributed by atoms with Gasteiger partial charge in [-0.3, -0.25) is 0 Å². The van der Waals surface area contributed by atoms with Crippen molar-refractivity contribution >= 4 is 12.2 Å². The van der Waals surface area contributed by atoms with E-state index in [1.165, 1.54) is 5.56 Å². The van der Waals surface area contributed by atoms with Gasteiger partial charge in [-0.2, -0.15) is 0 Å². The molecule has 0 saturated carbocycles. The van der Waals surface area contributed by atoms with E-state index in [-0.39, 0.29) is 0 Å². The van der Waals surface area contributed by atoms with Crippen molar-refractivity contribution in [1.29, 1.82) is 0 Å². The lowest BCUT2D eigenvalue weighted by Gasteiger charge is -2.07. The minimum atomic E-state index is 0.557. The van der Waals surface area contributed by atoms with E-state index in [2.05, 4.69) is 48.1 Å². The Morgan fingerprint density at radius 3 is 2.35 bits per heavy atom. The van der Waals surface area contributed by atoms with Crippen LogP contribution in [-0.2, 0) is 0 Å². The van der Waals surface area contributed by atoms with Crippen LogP contribution in [0.2, 0.25) is 0 Å². The molecule has 88 valence electrons. The van der Waals surface area contributed by atoms with Crippen LogP contribution in [0.3, 0.4) is 0 Å². The normalized spacial score (nSPS) is 10.8. The summed E-state index contributed by atoms with van der Waals surface area (Å²) in [5, 5.41) is 0. The summed E-state index contributed by atoms with van der Waals surface area (Å²) in [4.78, 5) is 7.40. The number of aromatic amines is 1. The number of nitrogens with zero attached hydrogens (tertiary/aromatic N) is 1. The second kappa shape index (κ2) is 4.80. The standard InChI is InChI=1S/C14H16N2S/c1-9(2)11-4-6-12(7-5-11)13-8-14(17)16-10(3)15-13/h4-9H,1-3H3,(H,15,16,17). The monoisotopic (exact) mass is 244 g/mol. The van der Waals surface area contributed by atoms with Gasteiger partial charge in [0.15, 0.2) is 0 Å². The highest BCUT2D eigenvalue weighted by Gasteiger charge is 2.02. The maximum Gasteiger partial charge on any atom is 0.130 e. The Bertz CT molecular complexity index is 568. The Morgan fingerprint density at radius 1 is 1.18 bits per heavy atom. The molecule has 0 aliphatic rings. The maximum absolute atomic E-state index is 5.12. The number of hydrogen-bond acceptors (Lipinski definition) is 2. The van der Waals surface area contributed by atoms with E-state index in [4.69, 9.17) is 12.2 Å². The average molecular weight is 244 g/mol. The first-order valence-electron chi connectivity index (χ1n) is 5.74. The van der Waals surface area contributed by atoms with Gasteiger partial charge in [0.25, 0.3) is 0 Å². The molecule has 0 amide bonds. The number of rotatable bonds is 2. The lowest BCUT2D eigenvalue weighted by atomic mass is 10.0. The van der Waals surface area contributed by atoms with Gasteiger partial charge in [0.05, 0.1) is 0 Å². The van der Waals surface area contributed by atoms with Crippen molar-refractivity contribution in [3.05, 3.63) is 46.4 Å². The van der Waals surface area contributed by atoms with Crippen LogP contribution in [0.1, 0.15) is 31.2 Å². The van der Waals surface area contributed by atoms with E-state index in [0.29, 0.717) is 10.6 Å². The number of benzene rings is 1. The van der Waals surface area contributed by atoms with Gasteiger partial charge in [0.2, 0.25) is 0 Å². The van der Waals surface area contributed by atoms with E-state index in [9.17, 15) is 0 Å². The minimum Gasteiger partial charge on any atom is -0.343 e. The van der Waals surface area contributed by atoms with Crippen molar-refractivity contribution in [2.75, 3.05) is 0 Å². The van der Waals surface area contributed by atoms with E-state index in [1.807, 2.05) is 13.0 Å². The predicted octanol–water partition coefficient (Wildman–Crippen LogP) is 4.24. The highest BCUT2D eigenvalue weighted by atomic mass is 32.1. The summed E-state index contributed by atoms with van der Waals surface area (Å²) in [6.45, 7) is 6.31. The number of H-pyrrole nitrogens is 1. The highest BCUT2D eigenvalue weighted by Crippen LogP contribution is 2.21. The fraction of sp³-hybridized carbons (Fsp3) is 0.286. The molecule has 0 aliphatic heterocycles. The van der Waals surface area contributed by atoms with Crippen molar-refractivity contribution in [3.8, 4) is 11.3 Å². The van der Waals surface area contributed by atoms with Gasteiger partial charge >= 0.3 is 0 Å². The van der Waals surface area contributed by atoms with Gasteiger partial charge < -0.3 is 4.98 Å². The molecule has 1 aromatic carbocycles. The Morgan fingerprint density at radius 2 is 1.82 bits per heavy atom. The molecule has 0 spiro atoms. The molecule has 0 atom stereocenters. The molecule has 3 heteroatoms. The molecular formula is C14H16N2S. The molecular weight excluding hydrogens is 228 g/mol. The summed E-state index contributed by atoms with van der Waals surface area (Å²) in [5.41, 5.74) is 3.52. The fourth-order valence-electron chi connectivity index (χ4n) is 1.78. The van der Waals surface area contributed by atoms with Gasteiger partial charge in [-0.15, -0.1) is 0 Å². The lowest BCUT2D eigenvalue weighted by Crippen LogP contribution is -1.92. The number of nitrogens with one attached hydrogen (secondary N) is 1. The van der Waals surface area contributed by atoms with Crippen LogP contribution in [0.25, 0.3) is 11.3 Å². The van der Waals surface area contributed by atoms with Crippen LogP contribution in [-0.4, -0.2) is 9.97 Å². The van der Waals surface area contributed by atoms with Crippen molar-refractivity contribution < 1.29 is 0 Å². The fourth-order valence-corrected chi connectivity index (χ4v) is 2.04. The van der Waals surface area contributed by atoms with Crippen molar-refractivity contribution in [3.63, 3.8) is 0 Å². The predicted molar refractivity (Wildman–Crippen MR) is 73.7 cm³/mol. The van der Waals surface area contributed by atoms with Gasteiger partial charge in [0.1, 0.15) is 10.5 Å². The summed E-state index contributed by atoms with van der Waals surface area (Å²) in [5.74, 6) is 1.40. The van der Waals surface area contributed by atoms with Crippen molar-refractivity contribution in [2.45, 2.75) is 26.7 Å². The van der Waals surface area contributed by atoms with Gasteiger partial charge in [-0.05, 0) is 30.0 Å². The largest absolute Gasteiger partial charge is 0.343 e. The zero-order chi connectivity index (χ0) is 12.4. The molecule has 0 bridgehead atoms. The third-order valence-electron chi connectivity index (χ3n) is 2.75. The Hall–Kier alpha value is -1.48. The van der Waals surface area contributed by atoms with Crippen LogP contribution in [0.15, 0.2) is 30.3 Å². The topological polar surface area (TPSA) is 28.7 Å². The zero-order valence-electron chi connectivity index (χ0n) is 10.3. The first kappa shape index (κ1) is 12.0. The second-order valence-corrected chi connectivity index (χ2v) is 4.91. The molecule has 17 heavy (non-hydrogen) atoms. The Labute approximate surface area is 107 Å². The van der Waals surface area contributed by atoms with Crippen LogP contribution in [0.5, 0.6) is 0 Å². The molecule has 0 unspecified atom stereocenters. The summed E-state index contributed by atoms with van der Waals surface area (Å²) in [6.07, 6.45) is 0. The van der Waals surface area contributed by atoms with Crippen molar-refractivity contribution in [1.82, 2.24) is 9.97 Å². The number of aryl methyl sites for hydroxylation is 1. The smallest absolute Gasteiger partial charge is 0.130 e. The summed E-state index contributed by atoms with van der Waals surface area (Å²) >= 11 is 5.12. The molecule has 0 fully saturated rings. The second-order valence-electron chi connectivity index (χ2n) is 4.50. The molecule has 2 nitrogen and oxygen atoms in total. The zero-order valence-corrected chi connectivity index (χ0v) is 11.1. The van der Waals surface area contributed by atoms with Gasteiger partial charge in [-0.1, -0.05) is 50.3 Å². The van der Waals surface area contributed by atoms with Crippen LogP contribution < -0.4 is 0 Å². The van der Waals surface area contributed by atoms with E-state index in [0.717, 1.165) is 17.1 Å². The average Bonchev–Trinajstić information content (AvgIpc) is 2.28. The van der Waals surface area contributed by atoms with E-state index < -0.39 is 0 Å². The molecule has 1 heterocycles. The van der Waals surface area contributed by atoms with Gasteiger partial charge in [-0.25, -0.2) is 4.98 Å². The van der Waals surface area contributed by atoms with Gasteiger partial charge in [0, 0.05) is 5.69 Å². The molecule has 1 N–H and O–H groups in total. The molecule has 0 aliphatic carbocycles. The number of aromatic nitrogens is 2. The first-order valence-corrected chi connectivity index (χ1v) is 6.15. The highest BCUT2D eigenvalue weighted by molar-refractivity contribution is 7.71. The van der Waals surface area contributed by atoms with Crippen LogP contribution in [0.4, 0.5) is 0 Å². The molecule has 1 aromatic heterocycles. The minimum absolute atomic E-state index is 0.557. The first-order chi connectivity index (χ1) is 8.06. The molecule has 0 radical (unpaired) electrons. The van der Waals surface area contributed by atoms with Crippen LogP contribution >= 0.6 is 12.2 Å². The summed E-state index contributed by atoms with van der Waals surface area (Å²) < 4.78 is 0.629.